The minimum Gasteiger partial charge on any atom is -0.310 e. The predicted molar refractivity (Wildman–Crippen MR) is 88.2 cm³/mol. The van der Waals surface area contributed by atoms with E-state index >= 15 is 0 Å². The minimum absolute atomic E-state index is 0.348. The normalized spacial score (nSPS) is 12.6. The molecule has 0 aliphatic rings. The van der Waals surface area contributed by atoms with Crippen LogP contribution in [0.25, 0.3) is 0 Å². The van der Waals surface area contributed by atoms with Gasteiger partial charge in [-0.1, -0.05) is 30.7 Å². The molecular weight excluding hydrogens is 342 g/mol. The lowest BCUT2D eigenvalue weighted by molar-refractivity contribution is 0.530. The number of benzene rings is 1. The Labute approximate surface area is 132 Å². The van der Waals surface area contributed by atoms with Gasteiger partial charge in [-0.3, -0.25) is 0 Å². The monoisotopic (exact) mass is 357 g/mol. The van der Waals surface area contributed by atoms with E-state index in [2.05, 4.69) is 45.7 Å². The maximum absolute atomic E-state index is 6.06. The van der Waals surface area contributed by atoms with Crippen molar-refractivity contribution in [1.29, 1.82) is 0 Å². The van der Waals surface area contributed by atoms with Crippen molar-refractivity contribution in [2.75, 3.05) is 6.54 Å². The number of thiophene rings is 1. The van der Waals surface area contributed by atoms with E-state index in [-0.39, 0.29) is 0 Å². The second-order valence-electron chi connectivity index (χ2n) is 4.52. The lowest BCUT2D eigenvalue weighted by Crippen LogP contribution is -2.23. The molecule has 0 fully saturated rings. The van der Waals surface area contributed by atoms with Crippen LogP contribution in [0.3, 0.4) is 0 Å². The molecule has 0 aliphatic heterocycles. The first-order valence-electron chi connectivity index (χ1n) is 6.40. The molecule has 1 N–H and O–H groups in total. The maximum Gasteiger partial charge on any atom is 0.0701 e. The van der Waals surface area contributed by atoms with E-state index in [4.69, 9.17) is 11.6 Å². The van der Waals surface area contributed by atoms with Crippen LogP contribution in [0.5, 0.6) is 0 Å². The first kappa shape index (κ1) is 15.0. The van der Waals surface area contributed by atoms with Crippen LogP contribution in [0.15, 0.2) is 39.5 Å². The Balaban J connectivity index is 2.13. The second kappa shape index (κ2) is 7.44. The predicted octanol–water partition coefficient (Wildman–Crippen LogP) is 5.45. The molecule has 1 unspecified atom stereocenters. The van der Waals surface area contributed by atoms with Crippen molar-refractivity contribution in [1.82, 2.24) is 5.32 Å². The average molecular weight is 359 g/mol. The smallest absolute Gasteiger partial charge is 0.0701 e. The van der Waals surface area contributed by atoms with Gasteiger partial charge in [0.15, 0.2) is 0 Å². The zero-order valence-electron chi connectivity index (χ0n) is 10.8. The first-order chi connectivity index (χ1) is 9.19. The molecule has 19 heavy (non-hydrogen) atoms. The van der Waals surface area contributed by atoms with Crippen LogP contribution < -0.4 is 5.32 Å². The summed E-state index contributed by atoms with van der Waals surface area (Å²) < 4.78 is 1.18. The van der Waals surface area contributed by atoms with Gasteiger partial charge in [-0.05, 0) is 70.0 Å². The van der Waals surface area contributed by atoms with Gasteiger partial charge < -0.3 is 5.32 Å². The summed E-state index contributed by atoms with van der Waals surface area (Å²) in [6.45, 7) is 3.21. The molecule has 0 amide bonds. The fourth-order valence-electron chi connectivity index (χ4n) is 2.03. The van der Waals surface area contributed by atoms with E-state index in [1.807, 2.05) is 18.2 Å². The van der Waals surface area contributed by atoms with E-state index in [1.54, 1.807) is 11.3 Å². The van der Waals surface area contributed by atoms with Gasteiger partial charge >= 0.3 is 0 Å². The van der Waals surface area contributed by atoms with Crippen LogP contribution in [0.4, 0.5) is 0 Å². The van der Waals surface area contributed by atoms with Gasteiger partial charge in [-0.25, -0.2) is 0 Å². The van der Waals surface area contributed by atoms with Crippen molar-refractivity contribution in [3.63, 3.8) is 0 Å². The van der Waals surface area contributed by atoms with Crippen LogP contribution in [-0.4, -0.2) is 6.54 Å². The zero-order valence-corrected chi connectivity index (χ0v) is 14.0. The Bertz CT molecular complexity index is 526. The lowest BCUT2D eigenvalue weighted by atomic mass is 10.0. The van der Waals surface area contributed by atoms with Gasteiger partial charge in [0.05, 0.1) is 3.79 Å². The third kappa shape index (κ3) is 4.60. The largest absolute Gasteiger partial charge is 0.310 e. The molecule has 0 aliphatic carbocycles. The molecule has 1 aromatic carbocycles. The van der Waals surface area contributed by atoms with Crippen LogP contribution in [0, 0.1) is 0 Å². The Kier molecular flexibility index (Phi) is 5.89. The summed E-state index contributed by atoms with van der Waals surface area (Å²) in [5.74, 6) is 0. The number of halogens is 2. The summed E-state index contributed by atoms with van der Waals surface area (Å²) in [4.78, 5) is 0. The molecule has 1 atom stereocenters. The lowest BCUT2D eigenvalue weighted by Gasteiger charge is -2.17. The van der Waals surface area contributed by atoms with Gasteiger partial charge in [0.1, 0.15) is 0 Å². The molecule has 0 radical (unpaired) electrons. The summed E-state index contributed by atoms with van der Waals surface area (Å²) in [6, 6.07) is 10.7. The third-order valence-electron chi connectivity index (χ3n) is 2.96. The molecule has 0 saturated carbocycles. The number of hydrogen-bond acceptors (Lipinski definition) is 2. The number of hydrogen-bond donors (Lipinski definition) is 1. The zero-order chi connectivity index (χ0) is 13.7. The Morgan fingerprint density at radius 3 is 2.84 bits per heavy atom. The molecule has 102 valence electrons. The Morgan fingerprint density at radius 2 is 2.21 bits per heavy atom. The van der Waals surface area contributed by atoms with E-state index in [0.717, 1.165) is 24.4 Å². The van der Waals surface area contributed by atoms with Gasteiger partial charge in [-0.2, -0.15) is 0 Å². The van der Waals surface area contributed by atoms with Crippen molar-refractivity contribution >= 4 is 38.9 Å². The fourth-order valence-corrected chi connectivity index (χ4v) is 3.47. The highest BCUT2D eigenvalue weighted by Crippen LogP contribution is 2.28. The second-order valence-corrected chi connectivity index (χ2v) is 7.25. The van der Waals surface area contributed by atoms with Gasteiger partial charge in [0, 0.05) is 11.1 Å². The highest BCUT2D eigenvalue weighted by Gasteiger charge is 2.13. The molecule has 0 bridgehead atoms. The number of nitrogens with one attached hydrogen (secondary N) is 1. The van der Waals surface area contributed by atoms with Gasteiger partial charge in [0.25, 0.3) is 0 Å². The van der Waals surface area contributed by atoms with Crippen molar-refractivity contribution < 1.29 is 0 Å². The summed E-state index contributed by atoms with van der Waals surface area (Å²) in [5.41, 5.74) is 2.61. The van der Waals surface area contributed by atoms with Crippen molar-refractivity contribution in [2.45, 2.75) is 25.8 Å². The van der Waals surface area contributed by atoms with Crippen LogP contribution >= 0.6 is 38.9 Å². The Morgan fingerprint density at radius 1 is 1.37 bits per heavy atom. The molecule has 1 nitrogen and oxygen atoms in total. The number of rotatable bonds is 6. The average Bonchev–Trinajstić information content (AvgIpc) is 2.81. The SMILES string of the molecule is CCCNC(Cc1cccc(Cl)c1)c1csc(Br)c1. The quantitative estimate of drug-likeness (QED) is 0.724. The van der Waals surface area contributed by atoms with Gasteiger partial charge in [-0.15, -0.1) is 11.3 Å². The van der Waals surface area contributed by atoms with E-state index in [0.29, 0.717) is 6.04 Å². The molecular formula is C15H17BrClNS. The molecule has 4 heteroatoms. The summed E-state index contributed by atoms with van der Waals surface area (Å²) in [7, 11) is 0. The van der Waals surface area contributed by atoms with E-state index in [1.165, 1.54) is 14.9 Å². The minimum atomic E-state index is 0.348. The molecule has 1 aromatic heterocycles. The maximum atomic E-state index is 6.06. The highest BCUT2D eigenvalue weighted by molar-refractivity contribution is 9.11. The molecule has 2 aromatic rings. The summed E-state index contributed by atoms with van der Waals surface area (Å²) in [5, 5.41) is 6.62. The van der Waals surface area contributed by atoms with Crippen molar-refractivity contribution in [3.05, 3.63) is 55.6 Å². The molecule has 0 saturated heterocycles. The molecule has 2 rings (SSSR count). The third-order valence-corrected chi connectivity index (χ3v) is 4.72. The van der Waals surface area contributed by atoms with Crippen LogP contribution in [0.1, 0.15) is 30.5 Å². The van der Waals surface area contributed by atoms with Crippen molar-refractivity contribution in [3.8, 4) is 0 Å². The standard InChI is InChI=1S/C15H17BrClNS/c1-2-6-18-14(12-9-15(16)19-10-12)8-11-4-3-5-13(17)7-11/h3-5,7,9-10,14,18H,2,6,8H2,1H3. The highest BCUT2D eigenvalue weighted by atomic mass is 79.9. The summed E-state index contributed by atoms with van der Waals surface area (Å²) >= 11 is 11.3. The van der Waals surface area contributed by atoms with Crippen LogP contribution in [-0.2, 0) is 6.42 Å². The fraction of sp³-hybridized carbons (Fsp3) is 0.333. The van der Waals surface area contributed by atoms with Gasteiger partial charge in [0.2, 0.25) is 0 Å². The van der Waals surface area contributed by atoms with E-state index < -0.39 is 0 Å². The first-order valence-corrected chi connectivity index (χ1v) is 8.46. The topological polar surface area (TPSA) is 12.0 Å². The molecule has 0 spiro atoms. The Hall–Kier alpha value is -0.350. The summed E-state index contributed by atoms with van der Waals surface area (Å²) in [6.07, 6.45) is 2.10. The van der Waals surface area contributed by atoms with E-state index in [9.17, 15) is 0 Å². The molecule has 1 heterocycles. The van der Waals surface area contributed by atoms with Crippen molar-refractivity contribution in [2.24, 2.45) is 0 Å². The van der Waals surface area contributed by atoms with Crippen LogP contribution in [0.2, 0.25) is 5.02 Å².